The SMILES string of the molecule is CCCCCCCC/C=C/CCCCCCCCCCCCCCCC(=O)N[C@@H](COP(=O)(O)O)[C@H](O)CCCCCCCCCCCC. The number of nitrogens with one attached hydrogen (secondary N) is 1. The van der Waals surface area contributed by atoms with Gasteiger partial charge in [-0.05, 0) is 38.5 Å². The maximum absolute atomic E-state index is 12.6. The smallest absolute Gasteiger partial charge is 0.391 e. The van der Waals surface area contributed by atoms with Gasteiger partial charge in [-0.2, -0.15) is 0 Å². The van der Waals surface area contributed by atoms with E-state index in [2.05, 4.69) is 35.8 Å². The fraction of sp³-hybridized carbons (Fsp3) is 0.927. The van der Waals surface area contributed by atoms with Gasteiger partial charge in [0.2, 0.25) is 5.91 Å². The molecule has 0 saturated heterocycles. The Kier molecular flexibility index (Phi) is 36.5. The van der Waals surface area contributed by atoms with Gasteiger partial charge < -0.3 is 20.2 Å². The van der Waals surface area contributed by atoms with Crippen LogP contribution in [-0.4, -0.2) is 39.6 Å². The molecule has 8 heteroatoms. The zero-order chi connectivity index (χ0) is 36.1. The normalized spacial score (nSPS) is 13.3. The number of unbranched alkanes of at least 4 members (excludes halogenated alkanes) is 28. The van der Waals surface area contributed by atoms with E-state index in [-0.39, 0.29) is 5.91 Å². The number of aliphatic hydroxyl groups is 1. The fourth-order valence-electron chi connectivity index (χ4n) is 6.52. The highest BCUT2D eigenvalue weighted by Crippen LogP contribution is 2.36. The van der Waals surface area contributed by atoms with Crippen molar-refractivity contribution in [1.29, 1.82) is 0 Å². The predicted octanol–water partition coefficient (Wildman–Crippen LogP) is 12.4. The minimum atomic E-state index is -4.68. The molecule has 0 saturated carbocycles. The first kappa shape index (κ1) is 48.3. The third kappa shape index (κ3) is 38.3. The van der Waals surface area contributed by atoms with Crippen LogP contribution >= 0.6 is 7.82 Å². The van der Waals surface area contributed by atoms with Crippen LogP contribution in [0.3, 0.4) is 0 Å². The lowest BCUT2D eigenvalue weighted by molar-refractivity contribution is -0.123. The molecule has 292 valence electrons. The highest BCUT2D eigenvalue weighted by molar-refractivity contribution is 7.46. The number of allylic oxidation sites excluding steroid dienone is 2. The molecular weight excluding hydrogens is 633 g/mol. The summed E-state index contributed by atoms with van der Waals surface area (Å²) in [6.45, 7) is 4.11. The molecule has 2 atom stereocenters. The second-order valence-electron chi connectivity index (χ2n) is 14.7. The summed E-state index contributed by atoms with van der Waals surface area (Å²) in [5.41, 5.74) is 0. The quantitative estimate of drug-likeness (QED) is 0.0286. The van der Waals surface area contributed by atoms with Crippen molar-refractivity contribution in [3.63, 3.8) is 0 Å². The highest BCUT2D eigenvalue weighted by Gasteiger charge is 2.25. The summed E-state index contributed by atoms with van der Waals surface area (Å²) in [6.07, 6.45) is 43.5. The molecule has 4 N–H and O–H groups in total. The van der Waals surface area contributed by atoms with Crippen LogP contribution < -0.4 is 5.32 Å². The van der Waals surface area contributed by atoms with Gasteiger partial charge in [0.25, 0.3) is 0 Å². The summed E-state index contributed by atoms with van der Waals surface area (Å²) in [5.74, 6) is -0.193. The van der Waals surface area contributed by atoms with E-state index in [0.29, 0.717) is 12.8 Å². The molecule has 0 radical (unpaired) electrons. The van der Waals surface area contributed by atoms with E-state index in [9.17, 15) is 14.5 Å². The Morgan fingerprint density at radius 2 is 0.918 bits per heavy atom. The summed E-state index contributed by atoms with van der Waals surface area (Å²) < 4.78 is 15.9. The Morgan fingerprint density at radius 3 is 1.31 bits per heavy atom. The number of hydrogen-bond acceptors (Lipinski definition) is 4. The van der Waals surface area contributed by atoms with Crippen LogP contribution in [-0.2, 0) is 13.9 Å². The van der Waals surface area contributed by atoms with E-state index in [0.717, 1.165) is 38.5 Å². The second-order valence-corrected chi connectivity index (χ2v) is 15.9. The van der Waals surface area contributed by atoms with E-state index in [1.165, 1.54) is 161 Å². The Balaban J connectivity index is 3.78. The van der Waals surface area contributed by atoms with Crippen molar-refractivity contribution in [2.24, 2.45) is 0 Å². The first-order chi connectivity index (χ1) is 23.8. The summed E-state index contributed by atoms with van der Waals surface area (Å²) in [7, 11) is -4.68. The number of phosphoric acid groups is 1. The van der Waals surface area contributed by atoms with E-state index < -0.39 is 26.6 Å². The Morgan fingerprint density at radius 1 is 0.571 bits per heavy atom. The molecule has 49 heavy (non-hydrogen) atoms. The van der Waals surface area contributed by atoms with Crippen molar-refractivity contribution in [3.05, 3.63) is 12.2 Å². The van der Waals surface area contributed by atoms with Gasteiger partial charge in [0, 0.05) is 6.42 Å². The lowest BCUT2D eigenvalue weighted by Crippen LogP contribution is -2.46. The summed E-state index contributed by atoms with van der Waals surface area (Å²) in [5, 5.41) is 13.5. The monoisotopic (exact) mass is 716 g/mol. The van der Waals surface area contributed by atoms with E-state index >= 15 is 0 Å². The van der Waals surface area contributed by atoms with Crippen LogP contribution in [0.25, 0.3) is 0 Å². The number of carbonyl (C=O) groups excluding carboxylic acids is 1. The molecule has 0 spiro atoms. The van der Waals surface area contributed by atoms with Gasteiger partial charge in [0.1, 0.15) is 0 Å². The first-order valence-corrected chi connectivity index (χ1v) is 22.7. The van der Waals surface area contributed by atoms with Crippen molar-refractivity contribution < 1.29 is 28.8 Å². The minimum Gasteiger partial charge on any atom is -0.391 e. The molecule has 0 aliphatic heterocycles. The van der Waals surface area contributed by atoms with Crippen LogP contribution in [0.4, 0.5) is 0 Å². The molecular formula is C41H82NO6P. The van der Waals surface area contributed by atoms with Gasteiger partial charge in [0.15, 0.2) is 0 Å². The van der Waals surface area contributed by atoms with Gasteiger partial charge >= 0.3 is 7.82 Å². The number of carbonyl (C=O) groups is 1. The lowest BCUT2D eigenvalue weighted by atomic mass is 10.0. The molecule has 7 nitrogen and oxygen atoms in total. The average molecular weight is 716 g/mol. The zero-order valence-electron chi connectivity index (χ0n) is 32.4. The number of hydrogen-bond donors (Lipinski definition) is 4. The van der Waals surface area contributed by atoms with Gasteiger partial charge in [-0.25, -0.2) is 4.57 Å². The topological polar surface area (TPSA) is 116 Å². The maximum Gasteiger partial charge on any atom is 0.469 e. The number of rotatable bonds is 39. The van der Waals surface area contributed by atoms with Crippen LogP contribution in [0.15, 0.2) is 12.2 Å². The molecule has 0 aromatic heterocycles. The average Bonchev–Trinajstić information content (AvgIpc) is 3.07. The summed E-state index contributed by atoms with van der Waals surface area (Å²) in [4.78, 5) is 30.8. The third-order valence-electron chi connectivity index (χ3n) is 9.75. The van der Waals surface area contributed by atoms with Gasteiger partial charge in [-0.1, -0.05) is 193 Å². The van der Waals surface area contributed by atoms with Crippen molar-refractivity contribution in [3.8, 4) is 0 Å². The molecule has 0 aliphatic rings. The van der Waals surface area contributed by atoms with Gasteiger partial charge in [-0.15, -0.1) is 0 Å². The molecule has 0 heterocycles. The standard InChI is InChI=1S/C41H82NO6P/c1-3-5-7-9-11-13-15-16-17-18-19-20-21-22-23-24-25-26-27-29-31-33-35-37-41(44)42-39(38-48-49(45,46)47)40(43)36-34-32-30-28-14-12-10-8-6-4-2/h16-17,39-40,43H,3-15,18-38H2,1-2H3,(H,42,44)(H2,45,46,47)/b17-16+/t39-,40+/m0/s1. The van der Waals surface area contributed by atoms with E-state index in [1.54, 1.807) is 0 Å². The molecule has 0 rings (SSSR count). The van der Waals surface area contributed by atoms with Crippen molar-refractivity contribution in [1.82, 2.24) is 5.32 Å². The van der Waals surface area contributed by atoms with E-state index in [4.69, 9.17) is 9.79 Å². The third-order valence-corrected chi connectivity index (χ3v) is 10.2. The van der Waals surface area contributed by atoms with Crippen LogP contribution in [0, 0.1) is 0 Å². The number of aliphatic hydroxyl groups excluding tert-OH is 1. The minimum absolute atomic E-state index is 0.193. The van der Waals surface area contributed by atoms with Gasteiger partial charge in [0.05, 0.1) is 18.8 Å². The molecule has 0 aromatic carbocycles. The Labute approximate surface area is 303 Å². The molecule has 0 aromatic rings. The lowest BCUT2D eigenvalue weighted by Gasteiger charge is -2.24. The van der Waals surface area contributed by atoms with E-state index in [1.807, 2.05) is 0 Å². The van der Waals surface area contributed by atoms with Crippen LogP contribution in [0.5, 0.6) is 0 Å². The summed E-state index contributed by atoms with van der Waals surface area (Å²) in [6, 6.07) is -0.819. The van der Waals surface area contributed by atoms with Crippen molar-refractivity contribution in [2.75, 3.05) is 6.61 Å². The highest BCUT2D eigenvalue weighted by atomic mass is 31.2. The molecule has 0 unspecified atom stereocenters. The fourth-order valence-corrected chi connectivity index (χ4v) is 6.87. The molecule has 0 aliphatic carbocycles. The summed E-state index contributed by atoms with van der Waals surface area (Å²) >= 11 is 0. The Bertz CT molecular complexity index is 773. The maximum atomic E-state index is 12.6. The second kappa shape index (κ2) is 37.1. The number of amides is 1. The Hall–Kier alpha value is -0.720. The van der Waals surface area contributed by atoms with Crippen molar-refractivity contribution in [2.45, 2.75) is 238 Å². The predicted molar refractivity (Wildman–Crippen MR) is 209 cm³/mol. The first-order valence-electron chi connectivity index (χ1n) is 21.1. The van der Waals surface area contributed by atoms with Crippen molar-refractivity contribution >= 4 is 13.7 Å². The largest absolute Gasteiger partial charge is 0.469 e. The zero-order valence-corrected chi connectivity index (χ0v) is 33.3. The van der Waals surface area contributed by atoms with Crippen LogP contribution in [0.1, 0.15) is 226 Å². The van der Waals surface area contributed by atoms with Crippen LogP contribution in [0.2, 0.25) is 0 Å². The number of phosphoric ester groups is 1. The van der Waals surface area contributed by atoms with Gasteiger partial charge in [-0.3, -0.25) is 9.32 Å². The molecule has 1 amide bonds. The molecule has 0 bridgehead atoms. The molecule has 0 fully saturated rings.